The fraction of sp³-hybridized carbons (Fsp3) is 0.750. The van der Waals surface area contributed by atoms with E-state index in [1.54, 1.807) is 6.26 Å². The molecule has 2 rings (SSSR count). The minimum absolute atomic E-state index is 0.118. The van der Waals surface area contributed by atoms with Crippen molar-refractivity contribution < 1.29 is 4.42 Å². The maximum absolute atomic E-state index is 6.18. The van der Waals surface area contributed by atoms with Crippen LogP contribution in [0.1, 0.15) is 44.9 Å². The molecule has 0 radical (unpaired) electrons. The molecule has 0 aliphatic heterocycles. The molecule has 1 aromatic heterocycles. The monoisotopic (exact) mass is 264 g/mol. The molecule has 1 saturated carbocycles. The summed E-state index contributed by atoms with van der Waals surface area (Å²) in [5.74, 6) is 1.65. The first kappa shape index (κ1) is 14.6. The van der Waals surface area contributed by atoms with E-state index in [0.717, 1.165) is 18.8 Å². The molecule has 1 aromatic rings. The molecule has 2 N–H and O–H groups in total. The predicted molar refractivity (Wildman–Crippen MR) is 78.9 cm³/mol. The van der Waals surface area contributed by atoms with Gasteiger partial charge in [0.15, 0.2) is 0 Å². The van der Waals surface area contributed by atoms with Crippen molar-refractivity contribution in [2.24, 2.45) is 17.1 Å². The van der Waals surface area contributed by atoms with Gasteiger partial charge in [-0.3, -0.25) is 4.90 Å². The van der Waals surface area contributed by atoms with Gasteiger partial charge in [-0.05, 0) is 44.2 Å². The summed E-state index contributed by atoms with van der Waals surface area (Å²) in [5, 5.41) is 0. The molecule has 1 fully saturated rings. The van der Waals surface area contributed by atoms with Crippen LogP contribution in [0.15, 0.2) is 16.7 Å². The molecule has 2 atom stereocenters. The lowest BCUT2D eigenvalue weighted by Crippen LogP contribution is -2.54. The van der Waals surface area contributed by atoms with E-state index >= 15 is 0 Å². The van der Waals surface area contributed by atoms with E-state index in [-0.39, 0.29) is 5.54 Å². The van der Waals surface area contributed by atoms with Crippen LogP contribution in [0.5, 0.6) is 0 Å². The van der Waals surface area contributed by atoms with Crippen molar-refractivity contribution in [2.75, 3.05) is 13.6 Å². The van der Waals surface area contributed by atoms with E-state index in [0.29, 0.717) is 11.3 Å². The summed E-state index contributed by atoms with van der Waals surface area (Å²) >= 11 is 0. The third-order valence-electron chi connectivity index (χ3n) is 5.05. The van der Waals surface area contributed by atoms with Crippen LogP contribution in [-0.2, 0) is 6.54 Å². The van der Waals surface area contributed by atoms with Gasteiger partial charge in [-0.15, -0.1) is 0 Å². The molecule has 1 heterocycles. The topological polar surface area (TPSA) is 42.4 Å². The Bertz CT molecular complexity index is 438. The van der Waals surface area contributed by atoms with Crippen molar-refractivity contribution in [1.82, 2.24) is 4.90 Å². The van der Waals surface area contributed by atoms with Crippen LogP contribution in [0.25, 0.3) is 0 Å². The molecule has 1 aliphatic carbocycles. The lowest BCUT2D eigenvalue weighted by atomic mass is 9.84. The maximum atomic E-state index is 6.18. The fourth-order valence-corrected chi connectivity index (χ4v) is 4.02. The Labute approximate surface area is 117 Å². The zero-order valence-corrected chi connectivity index (χ0v) is 13.0. The van der Waals surface area contributed by atoms with Crippen LogP contribution in [-0.4, -0.2) is 24.0 Å². The van der Waals surface area contributed by atoms with Gasteiger partial charge in [-0.2, -0.15) is 0 Å². The summed E-state index contributed by atoms with van der Waals surface area (Å²) in [5.41, 5.74) is 7.96. The first-order valence-electron chi connectivity index (χ1n) is 7.25. The molecule has 0 aromatic carbocycles. The van der Waals surface area contributed by atoms with Gasteiger partial charge in [-0.1, -0.05) is 20.8 Å². The molecule has 3 nitrogen and oxygen atoms in total. The van der Waals surface area contributed by atoms with Gasteiger partial charge in [0.25, 0.3) is 0 Å². The Kier molecular flexibility index (Phi) is 3.80. The van der Waals surface area contributed by atoms with Crippen molar-refractivity contribution in [3.63, 3.8) is 0 Å². The minimum Gasteiger partial charge on any atom is -0.469 e. The number of hydrogen-bond acceptors (Lipinski definition) is 3. The SMILES string of the molecule is Cc1occc1CN(C)C1(CN)CC(C)(C)CC1C. The molecule has 0 saturated heterocycles. The maximum Gasteiger partial charge on any atom is 0.105 e. The van der Waals surface area contributed by atoms with Crippen LogP contribution < -0.4 is 5.73 Å². The number of nitrogens with zero attached hydrogens (tertiary/aromatic N) is 1. The lowest BCUT2D eigenvalue weighted by molar-refractivity contribution is 0.0782. The highest BCUT2D eigenvalue weighted by atomic mass is 16.3. The summed E-state index contributed by atoms with van der Waals surface area (Å²) < 4.78 is 5.40. The Morgan fingerprint density at radius 1 is 1.47 bits per heavy atom. The highest BCUT2D eigenvalue weighted by Gasteiger charge is 2.50. The standard InChI is InChI=1S/C16H28N2O/c1-12-8-15(3,4)10-16(12,11-17)18(5)9-14-6-7-19-13(14)2/h6-7,12H,8-11,17H2,1-5H3. The average molecular weight is 264 g/mol. The van der Waals surface area contributed by atoms with Gasteiger partial charge in [-0.25, -0.2) is 0 Å². The van der Waals surface area contributed by atoms with Crippen molar-refractivity contribution in [2.45, 2.75) is 52.6 Å². The van der Waals surface area contributed by atoms with Crippen molar-refractivity contribution in [1.29, 1.82) is 0 Å². The predicted octanol–water partition coefficient (Wildman–Crippen LogP) is 3.17. The number of nitrogens with two attached hydrogens (primary N) is 1. The van der Waals surface area contributed by atoms with Gasteiger partial charge in [0, 0.05) is 24.2 Å². The molecule has 108 valence electrons. The molecular weight excluding hydrogens is 236 g/mol. The van der Waals surface area contributed by atoms with Crippen LogP contribution in [0.4, 0.5) is 0 Å². The zero-order chi connectivity index (χ0) is 14.3. The highest BCUT2D eigenvalue weighted by molar-refractivity contribution is 5.17. The van der Waals surface area contributed by atoms with E-state index in [1.165, 1.54) is 18.4 Å². The van der Waals surface area contributed by atoms with Crippen molar-refractivity contribution in [3.05, 3.63) is 23.7 Å². The van der Waals surface area contributed by atoms with Crippen LogP contribution in [0, 0.1) is 18.3 Å². The number of furan rings is 1. The number of likely N-dealkylation sites (N-methyl/N-ethyl adjacent to an activating group) is 1. The molecule has 0 spiro atoms. The smallest absolute Gasteiger partial charge is 0.105 e. The van der Waals surface area contributed by atoms with Crippen LogP contribution in [0.2, 0.25) is 0 Å². The largest absolute Gasteiger partial charge is 0.469 e. The fourth-order valence-electron chi connectivity index (χ4n) is 4.02. The van der Waals surface area contributed by atoms with Crippen molar-refractivity contribution >= 4 is 0 Å². The van der Waals surface area contributed by atoms with Gasteiger partial charge in [0.1, 0.15) is 5.76 Å². The molecule has 1 aliphatic rings. The molecule has 3 heteroatoms. The molecule has 19 heavy (non-hydrogen) atoms. The van der Waals surface area contributed by atoms with Gasteiger partial charge < -0.3 is 10.2 Å². The zero-order valence-electron chi connectivity index (χ0n) is 13.0. The summed E-state index contributed by atoms with van der Waals surface area (Å²) in [6.45, 7) is 10.7. The molecule has 0 amide bonds. The number of rotatable bonds is 4. The summed E-state index contributed by atoms with van der Waals surface area (Å²) in [7, 11) is 2.21. The quantitative estimate of drug-likeness (QED) is 0.908. The Hall–Kier alpha value is -0.800. The second-order valence-corrected chi connectivity index (χ2v) is 7.11. The molecular formula is C16H28N2O. The van der Waals surface area contributed by atoms with E-state index in [2.05, 4.69) is 38.8 Å². The van der Waals surface area contributed by atoms with E-state index < -0.39 is 0 Å². The van der Waals surface area contributed by atoms with Crippen LogP contribution >= 0.6 is 0 Å². The first-order chi connectivity index (χ1) is 8.81. The average Bonchev–Trinajstić information content (AvgIpc) is 2.81. The second kappa shape index (κ2) is 4.95. The Morgan fingerprint density at radius 3 is 2.58 bits per heavy atom. The molecule has 0 bridgehead atoms. The van der Waals surface area contributed by atoms with E-state index in [9.17, 15) is 0 Å². The normalized spacial score (nSPS) is 30.2. The van der Waals surface area contributed by atoms with Crippen LogP contribution in [0.3, 0.4) is 0 Å². The third-order valence-corrected chi connectivity index (χ3v) is 5.05. The first-order valence-corrected chi connectivity index (χ1v) is 7.25. The Balaban J connectivity index is 2.20. The molecule has 2 unspecified atom stereocenters. The van der Waals surface area contributed by atoms with Crippen molar-refractivity contribution in [3.8, 4) is 0 Å². The minimum atomic E-state index is 0.118. The lowest BCUT2D eigenvalue weighted by Gasteiger charge is -2.42. The van der Waals surface area contributed by atoms with Gasteiger partial charge in [0.2, 0.25) is 0 Å². The highest BCUT2D eigenvalue weighted by Crippen LogP contribution is 2.49. The second-order valence-electron chi connectivity index (χ2n) is 7.11. The summed E-state index contributed by atoms with van der Waals surface area (Å²) in [4.78, 5) is 2.45. The third kappa shape index (κ3) is 2.59. The Morgan fingerprint density at radius 2 is 2.16 bits per heavy atom. The van der Waals surface area contributed by atoms with E-state index in [4.69, 9.17) is 10.2 Å². The number of aryl methyl sites for hydroxylation is 1. The van der Waals surface area contributed by atoms with Gasteiger partial charge >= 0.3 is 0 Å². The van der Waals surface area contributed by atoms with Gasteiger partial charge in [0.05, 0.1) is 6.26 Å². The summed E-state index contributed by atoms with van der Waals surface area (Å²) in [6, 6.07) is 2.07. The summed E-state index contributed by atoms with van der Waals surface area (Å²) in [6.07, 6.45) is 4.19. The van der Waals surface area contributed by atoms with E-state index in [1.807, 2.05) is 6.92 Å². The number of hydrogen-bond donors (Lipinski definition) is 1.